The molecule has 8 nitrogen and oxygen atoms in total. The van der Waals surface area contributed by atoms with E-state index in [1.54, 1.807) is 0 Å². The molecule has 0 spiro atoms. The molecule has 438 valence electrons. The van der Waals surface area contributed by atoms with Crippen LogP contribution in [0.5, 0.6) is 0 Å². The van der Waals surface area contributed by atoms with Crippen molar-refractivity contribution in [2.75, 3.05) is 0 Å². The third-order valence-corrected chi connectivity index (χ3v) is 18.0. The van der Waals surface area contributed by atoms with E-state index in [-0.39, 0.29) is 0 Å². The molecule has 0 saturated carbocycles. The van der Waals surface area contributed by atoms with Gasteiger partial charge in [0.1, 0.15) is 22.3 Å². The molecule has 0 aliphatic rings. The lowest BCUT2D eigenvalue weighted by molar-refractivity contribution is 0.668. The number of rotatable bonds is 11. The maximum Gasteiger partial charge on any atom is 0.164 e. The first-order chi connectivity index (χ1) is 46.5. The van der Waals surface area contributed by atoms with E-state index < -0.39 is 0 Å². The zero-order chi connectivity index (χ0) is 62.1. The van der Waals surface area contributed by atoms with E-state index in [0.29, 0.717) is 34.9 Å². The molecule has 0 aliphatic heterocycles. The van der Waals surface area contributed by atoms with Crippen molar-refractivity contribution in [2.24, 2.45) is 0 Å². The summed E-state index contributed by atoms with van der Waals surface area (Å²) in [6.07, 6.45) is 0. The molecule has 18 aromatic rings. The minimum Gasteiger partial charge on any atom is -0.456 e. The Morgan fingerprint density at radius 3 is 0.872 bits per heavy atom. The fourth-order valence-corrected chi connectivity index (χ4v) is 13.0. The van der Waals surface area contributed by atoms with Crippen LogP contribution in [-0.4, -0.2) is 29.9 Å². The maximum atomic E-state index is 6.67. The predicted molar refractivity (Wildman–Crippen MR) is 383 cm³/mol. The molecule has 18 rings (SSSR count). The Balaban J connectivity index is 0.583. The molecular formula is C86H52N6O2. The molecule has 0 atom stereocenters. The molecule has 0 bridgehead atoms. The molecule has 0 unspecified atom stereocenters. The van der Waals surface area contributed by atoms with Crippen molar-refractivity contribution in [1.82, 2.24) is 29.9 Å². The summed E-state index contributed by atoms with van der Waals surface area (Å²) < 4.78 is 12.8. The van der Waals surface area contributed by atoms with Crippen LogP contribution in [0.15, 0.2) is 324 Å². The maximum absolute atomic E-state index is 6.67. The van der Waals surface area contributed by atoms with Crippen LogP contribution in [0.2, 0.25) is 0 Å². The van der Waals surface area contributed by atoms with E-state index in [0.717, 1.165) is 144 Å². The minimum atomic E-state index is 0.608. The number of nitrogens with zero attached hydrogens (tertiary/aromatic N) is 6. The van der Waals surface area contributed by atoms with Gasteiger partial charge in [0.2, 0.25) is 0 Å². The minimum absolute atomic E-state index is 0.608. The second-order valence-corrected chi connectivity index (χ2v) is 23.8. The second-order valence-electron chi connectivity index (χ2n) is 23.8. The number of aromatic nitrogens is 6. The lowest BCUT2D eigenvalue weighted by Gasteiger charge is -2.10. The number of fused-ring (bicyclic) bond motifs is 8. The third kappa shape index (κ3) is 10.1. The number of hydrogen-bond acceptors (Lipinski definition) is 8. The summed E-state index contributed by atoms with van der Waals surface area (Å²) in [5.41, 5.74) is 20.0. The first-order valence-corrected chi connectivity index (χ1v) is 31.4. The summed E-state index contributed by atoms with van der Waals surface area (Å²) >= 11 is 0. The first kappa shape index (κ1) is 54.2. The van der Waals surface area contributed by atoms with Gasteiger partial charge in [-0.05, 0) is 138 Å². The van der Waals surface area contributed by atoms with Crippen LogP contribution in [0.25, 0.3) is 189 Å². The monoisotopic (exact) mass is 1200 g/mol. The highest BCUT2D eigenvalue weighted by Crippen LogP contribution is 2.39. The van der Waals surface area contributed by atoms with Gasteiger partial charge in [0.05, 0.1) is 0 Å². The van der Waals surface area contributed by atoms with Gasteiger partial charge in [0.25, 0.3) is 0 Å². The van der Waals surface area contributed by atoms with Crippen LogP contribution < -0.4 is 0 Å². The van der Waals surface area contributed by atoms with Crippen molar-refractivity contribution < 1.29 is 8.83 Å². The summed E-state index contributed by atoms with van der Waals surface area (Å²) in [5, 5.41) is 9.10. The fraction of sp³-hybridized carbons (Fsp3) is 0. The molecule has 0 amide bonds. The van der Waals surface area contributed by atoms with Crippen molar-refractivity contribution in [2.45, 2.75) is 0 Å². The van der Waals surface area contributed by atoms with Gasteiger partial charge in [-0.1, -0.05) is 255 Å². The smallest absolute Gasteiger partial charge is 0.164 e. The van der Waals surface area contributed by atoms with Gasteiger partial charge < -0.3 is 8.83 Å². The van der Waals surface area contributed by atoms with Crippen molar-refractivity contribution in [3.05, 3.63) is 315 Å². The van der Waals surface area contributed by atoms with Gasteiger partial charge >= 0.3 is 0 Å². The molecular weight excluding hydrogens is 1150 g/mol. The molecule has 8 heteroatoms. The SMILES string of the molecule is c1ccc(-c2nc(-c3ccc(-c4ccc5ccccc5c4)cc3)nc(-c3ccc(-c4ccc5c(c4)oc4cc(-c6ccc7cc(-c8ccc(-c9nc(-c%10ccccc%10)nc(-c%10ccc(-c%11ccc%12oc%13ccccc%13c%12c%11)cc%10)n9)cc8)ccc7c6)ccc45)cc3)n2)cc1. The van der Waals surface area contributed by atoms with E-state index in [2.05, 4.69) is 237 Å². The summed E-state index contributed by atoms with van der Waals surface area (Å²) in [6.45, 7) is 0. The standard InChI is InChI=1S/C86H52N6O2/c1-3-12-58(13-4-1)81-87-84(91-85(89-81)62-32-23-56(24-33-62)70-43-46-78-76(50-70)73-17-9-10-18-77(73)93-78)61-30-21-55(22-31-61)66-37-38-68-49-69(40-39-67(68)48-66)72-42-45-75-74-44-41-71(51-79(74)94-80(75)52-72)57-25-34-63(35-26-57)86-90-82(59-14-5-2-6-15-59)88-83(92-86)60-28-19-54(20-29-60)65-36-27-53-11-7-8-16-64(53)47-65/h1-52H. The van der Waals surface area contributed by atoms with Crippen LogP contribution in [-0.2, 0) is 0 Å². The van der Waals surface area contributed by atoms with Crippen LogP contribution in [0.1, 0.15) is 0 Å². The first-order valence-electron chi connectivity index (χ1n) is 31.4. The van der Waals surface area contributed by atoms with Crippen LogP contribution in [0.3, 0.4) is 0 Å². The van der Waals surface area contributed by atoms with E-state index in [1.807, 2.05) is 78.9 Å². The highest BCUT2D eigenvalue weighted by atomic mass is 16.3. The van der Waals surface area contributed by atoms with Crippen LogP contribution in [0, 0.1) is 0 Å². The van der Waals surface area contributed by atoms with E-state index in [9.17, 15) is 0 Å². The van der Waals surface area contributed by atoms with Crippen molar-refractivity contribution >= 4 is 65.4 Å². The Morgan fingerprint density at radius 2 is 0.415 bits per heavy atom. The average Bonchev–Trinajstić information content (AvgIpc) is 2.16. The average molecular weight is 1200 g/mol. The second kappa shape index (κ2) is 22.6. The normalized spacial score (nSPS) is 11.6. The number of para-hydroxylation sites is 1. The van der Waals surface area contributed by atoms with E-state index >= 15 is 0 Å². The van der Waals surface area contributed by atoms with Gasteiger partial charge in [-0.15, -0.1) is 0 Å². The van der Waals surface area contributed by atoms with Crippen molar-refractivity contribution in [1.29, 1.82) is 0 Å². The number of hydrogen-bond donors (Lipinski definition) is 0. The molecule has 0 aliphatic carbocycles. The Labute approximate surface area is 540 Å². The number of furan rings is 2. The van der Waals surface area contributed by atoms with Crippen molar-refractivity contribution in [3.63, 3.8) is 0 Å². The predicted octanol–water partition coefficient (Wildman–Crippen LogP) is 22.5. The summed E-state index contributed by atoms with van der Waals surface area (Å²) in [5.74, 6) is 3.68. The molecule has 4 aromatic heterocycles. The van der Waals surface area contributed by atoms with Gasteiger partial charge in [-0.3, -0.25) is 0 Å². The van der Waals surface area contributed by atoms with Crippen molar-refractivity contribution in [3.8, 4) is 124 Å². The Bertz CT molecular complexity index is 5950. The van der Waals surface area contributed by atoms with Crippen LogP contribution >= 0.6 is 0 Å². The third-order valence-electron chi connectivity index (χ3n) is 18.0. The topological polar surface area (TPSA) is 104 Å². The Hall–Kier alpha value is -12.8. The lowest BCUT2D eigenvalue weighted by Crippen LogP contribution is -2.00. The fourth-order valence-electron chi connectivity index (χ4n) is 13.0. The lowest BCUT2D eigenvalue weighted by atomic mass is 9.96. The van der Waals surface area contributed by atoms with E-state index in [1.165, 1.54) is 10.8 Å². The molecule has 14 aromatic carbocycles. The zero-order valence-corrected chi connectivity index (χ0v) is 50.5. The summed E-state index contributed by atoms with van der Waals surface area (Å²) in [4.78, 5) is 30.2. The zero-order valence-electron chi connectivity index (χ0n) is 50.5. The largest absolute Gasteiger partial charge is 0.456 e. The quantitative estimate of drug-likeness (QED) is 0.126. The molecule has 0 fully saturated rings. The molecule has 4 heterocycles. The number of benzene rings is 14. The van der Waals surface area contributed by atoms with Gasteiger partial charge in [0, 0.05) is 54.9 Å². The summed E-state index contributed by atoms with van der Waals surface area (Å²) in [6, 6.07) is 110. The highest BCUT2D eigenvalue weighted by Gasteiger charge is 2.18. The highest BCUT2D eigenvalue weighted by molar-refractivity contribution is 6.08. The van der Waals surface area contributed by atoms with Gasteiger partial charge in [0.15, 0.2) is 34.9 Å². The summed E-state index contributed by atoms with van der Waals surface area (Å²) in [7, 11) is 0. The van der Waals surface area contributed by atoms with Gasteiger partial charge in [-0.2, -0.15) is 0 Å². The van der Waals surface area contributed by atoms with Crippen LogP contribution in [0.4, 0.5) is 0 Å². The molecule has 0 saturated heterocycles. The Morgan fingerprint density at radius 1 is 0.149 bits per heavy atom. The molecule has 94 heavy (non-hydrogen) atoms. The van der Waals surface area contributed by atoms with Gasteiger partial charge in [-0.25, -0.2) is 29.9 Å². The Kier molecular flexibility index (Phi) is 13.0. The molecule has 0 N–H and O–H groups in total. The molecule has 0 radical (unpaired) electrons. The van der Waals surface area contributed by atoms with E-state index in [4.69, 9.17) is 38.7 Å².